The number of esters is 2. The molecule has 1 aromatic rings. The molecule has 0 bridgehead atoms. The molecule has 7 heteroatoms. The SMILES string of the molecule is CCCCCCC(C)OC(=O)/C=C/C(=O)Oc1c(Cl)cc(Cl)cc1Cl. The van der Waals surface area contributed by atoms with Gasteiger partial charge in [-0.3, -0.25) is 0 Å². The number of unbranched alkanes of at least 4 members (excludes halogenated alkanes) is 3. The molecule has 0 saturated heterocycles. The monoisotopic (exact) mass is 406 g/mol. The maximum Gasteiger partial charge on any atom is 0.336 e. The Morgan fingerprint density at radius 1 is 1.04 bits per heavy atom. The molecule has 0 spiro atoms. The van der Waals surface area contributed by atoms with Crippen LogP contribution in [-0.2, 0) is 14.3 Å². The fourth-order valence-corrected chi connectivity index (χ4v) is 2.95. The van der Waals surface area contributed by atoms with Crippen LogP contribution in [0.2, 0.25) is 15.1 Å². The van der Waals surface area contributed by atoms with Gasteiger partial charge in [-0.1, -0.05) is 61.0 Å². The highest BCUT2D eigenvalue weighted by molar-refractivity contribution is 6.40. The Hall–Kier alpha value is -1.23. The summed E-state index contributed by atoms with van der Waals surface area (Å²) in [6, 6.07) is 2.80. The topological polar surface area (TPSA) is 52.6 Å². The Labute approximate surface area is 163 Å². The third kappa shape index (κ3) is 8.61. The van der Waals surface area contributed by atoms with Gasteiger partial charge in [0.15, 0.2) is 5.75 Å². The second-order valence-corrected chi connectivity index (χ2v) is 6.80. The van der Waals surface area contributed by atoms with Gasteiger partial charge in [0.05, 0.1) is 16.1 Å². The van der Waals surface area contributed by atoms with Gasteiger partial charge in [-0.25, -0.2) is 9.59 Å². The van der Waals surface area contributed by atoms with Crippen LogP contribution in [0.5, 0.6) is 5.75 Å². The summed E-state index contributed by atoms with van der Waals surface area (Å²) in [7, 11) is 0. The van der Waals surface area contributed by atoms with Crippen LogP contribution in [0.4, 0.5) is 0 Å². The highest BCUT2D eigenvalue weighted by Crippen LogP contribution is 2.35. The van der Waals surface area contributed by atoms with E-state index >= 15 is 0 Å². The van der Waals surface area contributed by atoms with Gasteiger partial charge < -0.3 is 9.47 Å². The van der Waals surface area contributed by atoms with E-state index in [1.165, 1.54) is 18.6 Å². The molecule has 1 aromatic carbocycles. The van der Waals surface area contributed by atoms with Crippen molar-refractivity contribution in [2.24, 2.45) is 0 Å². The van der Waals surface area contributed by atoms with E-state index in [0.717, 1.165) is 37.8 Å². The third-order valence-electron chi connectivity index (χ3n) is 3.30. The van der Waals surface area contributed by atoms with Gasteiger partial charge >= 0.3 is 11.9 Å². The van der Waals surface area contributed by atoms with Crippen molar-refractivity contribution in [1.29, 1.82) is 0 Å². The number of benzene rings is 1. The Morgan fingerprint density at radius 2 is 1.64 bits per heavy atom. The minimum absolute atomic E-state index is 0.0138. The first-order valence-electron chi connectivity index (χ1n) is 8.08. The van der Waals surface area contributed by atoms with Gasteiger partial charge in [0, 0.05) is 17.2 Å². The minimum atomic E-state index is -0.793. The largest absolute Gasteiger partial charge is 0.460 e. The molecular weight excluding hydrogens is 387 g/mol. The quantitative estimate of drug-likeness (QED) is 0.218. The van der Waals surface area contributed by atoms with E-state index in [1.807, 2.05) is 6.92 Å². The van der Waals surface area contributed by atoms with Crippen LogP contribution in [0.3, 0.4) is 0 Å². The first-order valence-corrected chi connectivity index (χ1v) is 9.22. The van der Waals surface area contributed by atoms with Crippen molar-refractivity contribution >= 4 is 46.7 Å². The standard InChI is InChI=1S/C18H21Cl3O4/c1-3-4-5-6-7-12(2)24-16(22)8-9-17(23)25-18-14(20)10-13(19)11-15(18)21/h8-12H,3-7H2,1-2H3/b9-8+. The van der Waals surface area contributed by atoms with Crippen LogP contribution in [0.15, 0.2) is 24.3 Å². The first kappa shape index (κ1) is 21.8. The average molecular weight is 408 g/mol. The number of halogens is 3. The highest BCUT2D eigenvalue weighted by Gasteiger charge is 2.13. The Kier molecular flexibility index (Phi) is 9.94. The number of hydrogen-bond donors (Lipinski definition) is 0. The Balaban J connectivity index is 2.47. The Morgan fingerprint density at radius 3 is 2.24 bits per heavy atom. The molecule has 1 unspecified atom stereocenters. The lowest BCUT2D eigenvalue weighted by molar-refractivity contribution is -0.143. The zero-order valence-electron chi connectivity index (χ0n) is 14.2. The fraction of sp³-hybridized carbons (Fsp3) is 0.444. The summed E-state index contributed by atoms with van der Waals surface area (Å²) < 4.78 is 10.2. The molecule has 0 aliphatic heterocycles. The molecule has 25 heavy (non-hydrogen) atoms. The summed E-state index contributed by atoms with van der Waals surface area (Å²) in [5.74, 6) is -1.41. The van der Waals surface area contributed by atoms with Crippen molar-refractivity contribution in [3.8, 4) is 5.75 Å². The summed E-state index contributed by atoms with van der Waals surface area (Å²) in [4.78, 5) is 23.5. The summed E-state index contributed by atoms with van der Waals surface area (Å²) in [5, 5.41) is 0.520. The molecule has 0 aliphatic rings. The van der Waals surface area contributed by atoms with Crippen molar-refractivity contribution in [1.82, 2.24) is 0 Å². The average Bonchev–Trinajstić information content (AvgIpc) is 2.53. The van der Waals surface area contributed by atoms with E-state index in [4.69, 9.17) is 44.3 Å². The number of rotatable bonds is 9. The van der Waals surface area contributed by atoms with Crippen LogP contribution < -0.4 is 4.74 Å². The Bertz CT molecular complexity index is 606. The van der Waals surface area contributed by atoms with Crippen LogP contribution >= 0.6 is 34.8 Å². The van der Waals surface area contributed by atoms with Crippen molar-refractivity contribution in [2.45, 2.75) is 52.1 Å². The summed E-state index contributed by atoms with van der Waals surface area (Å²) >= 11 is 17.6. The van der Waals surface area contributed by atoms with Crippen molar-refractivity contribution in [2.75, 3.05) is 0 Å². The van der Waals surface area contributed by atoms with Gasteiger partial charge in [0.1, 0.15) is 0 Å². The van der Waals surface area contributed by atoms with E-state index < -0.39 is 11.9 Å². The number of hydrogen-bond acceptors (Lipinski definition) is 4. The molecule has 0 N–H and O–H groups in total. The molecule has 0 fully saturated rings. The van der Waals surface area contributed by atoms with Crippen molar-refractivity contribution in [3.05, 3.63) is 39.4 Å². The smallest absolute Gasteiger partial charge is 0.336 e. The van der Waals surface area contributed by atoms with E-state index in [1.54, 1.807) is 0 Å². The highest BCUT2D eigenvalue weighted by atomic mass is 35.5. The maximum absolute atomic E-state index is 11.8. The predicted molar refractivity (Wildman–Crippen MR) is 101 cm³/mol. The van der Waals surface area contributed by atoms with Gasteiger partial charge in [-0.05, 0) is 31.9 Å². The lowest BCUT2D eigenvalue weighted by Gasteiger charge is -2.11. The van der Waals surface area contributed by atoms with Crippen molar-refractivity contribution < 1.29 is 19.1 Å². The predicted octanol–water partition coefficient (Wildman–Crippen LogP) is 6.01. The number of carbonyl (C=O) groups is 2. The van der Waals surface area contributed by atoms with Crippen LogP contribution in [-0.4, -0.2) is 18.0 Å². The van der Waals surface area contributed by atoms with Crippen LogP contribution in [0.25, 0.3) is 0 Å². The number of carbonyl (C=O) groups excluding carboxylic acids is 2. The molecule has 1 rings (SSSR count). The fourth-order valence-electron chi connectivity index (χ4n) is 2.05. The summed E-state index contributed by atoms with van der Waals surface area (Å²) in [6.07, 6.45) is 7.01. The molecule has 4 nitrogen and oxygen atoms in total. The zero-order valence-corrected chi connectivity index (χ0v) is 16.5. The maximum atomic E-state index is 11.8. The first-order chi connectivity index (χ1) is 11.8. The lowest BCUT2D eigenvalue weighted by atomic mass is 10.1. The third-order valence-corrected chi connectivity index (χ3v) is 4.08. The van der Waals surface area contributed by atoms with Crippen molar-refractivity contribution in [3.63, 3.8) is 0 Å². The molecule has 0 aromatic heterocycles. The minimum Gasteiger partial charge on any atom is -0.460 e. The van der Waals surface area contributed by atoms with Gasteiger partial charge in [0.25, 0.3) is 0 Å². The second kappa shape index (κ2) is 11.4. The van der Waals surface area contributed by atoms with Gasteiger partial charge in [0.2, 0.25) is 0 Å². The lowest BCUT2D eigenvalue weighted by Crippen LogP contribution is -2.14. The van der Waals surface area contributed by atoms with E-state index in [9.17, 15) is 9.59 Å². The van der Waals surface area contributed by atoms with E-state index in [0.29, 0.717) is 5.02 Å². The molecular formula is C18H21Cl3O4. The van der Waals surface area contributed by atoms with Gasteiger partial charge in [-0.2, -0.15) is 0 Å². The zero-order chi connectivity index (χ0) is 18.8. The molecule has 0 radical (unpaired) electrons. The summed E-state index contributed by atoms with van der Waals surface area (Å²) in [6.45, 7) is 3.96. The second-order valence-electron chi connectivity index (χ2n) is 5.55. The molecule has 0 heterocycles. The van der Waals surface area contributed by atoms with Crippen LogP contribution in [0.1, 0.15) is 46.0 Å². The molecule has 0 aliphatic carbocycles. The molecule has 0 saturated carbocycles. The summed E-state index contributed by atoms with van der Waals surface area (Å²) in [5.41, 5.74) is 0. The molecule has 138 valence electrons. The molecule has 1 atom stereocenters. The normalized spacial score (nSPS) is 12.2. The van der Waals surface area contributed by atoms with E-state index in [2.05, 4.69) is 6.92 Å². The van der Waals surface area contributed by atoms with Crippen LogP contribution in [0, 0.1) is 0 Å². The number of ether oxygens (including phenoxy) is 2. The molecule has 0 amide bonds. The van der Waals surface area contributed by atoms with E-state index in [-0.39, 0.29) is 21.9 Å². The van der Waals surface area contributed by atoms with Gasteiger partial charge in [-0.15, -0.1) is 0 Å².